The van der Waals surface area contributed by atoms with Crippen LogP contribution in [0, 0.1) is 0 Å². The molecule has 0 bridgehead atoms. The highest BCUT2D eigenvalue weighted by atomic mass is 16.5. The zero-order chi connectivity index (χ0) is 66.3. The number of carbonyl (C=O) groups is 2. The molecule has 0 saturated carbocycles. The summed E-state index contributed by atoms with van der Waals surface area (Å²) in [7, 11) is 0. The molecule has 0 saturated heterocycles. The van der Waals surface area contributed by atoms with E-state index in [0.717, 1.165) is 57.8 Å². The number of amides is 1. The number of hydrogen-bond donors (Lipinski definition) is 3. The Morgan fingerprint density at radius 3 is 0.870 bits per heavy atom. The topological polar surface area (TPSA) is 95.9 Å². The third-order valence-electron chi connectivity index (χ3n) is 19.2. The molecular weight excluding hydrogens is 1130 g/mol. The lowest BCUT2D eigenvalue weighted by atomic mass is 10.0. The van der Waals surface area contributed by atoms with Gasteiger partial charge in [0.15, 0.2) is 0 Å². The number of rotatable bonds is 78. The van der Waals surface area contributed by atoms with Gasteiger partial charge < -0.3 is 20.3 Å². The first-order valence-corrected chi connectivity index (χ1v) is 41.6. The number of aliphatic hydroxyl groups excluding tert-OH is 2. The molecule has 0 aromatic heterocycles. The summed E-state index contributed by atoms with van der Waals surface area (Å²) in [6.45, 7) is 4.88. The molecule has 2 unspecified atom stereocenters. The molecule has 0 aliphatic heterocycles. The molecule has 1 amide bonds. The number of esters is 1. The van der Waals surface area contributed by atoms with Crippen LogP contribution in [0.3, 0.4) is 0 Å². The van der Waals surface area contributed by atoms with Crippen LogP contribution < -0.4 is 5.32 Å². The first-order valence-electron chi connectivity index (χ1n) is 41.6. The van der Waals surface area contributed by atoms with Crippen molar-refractivity contribution in [3.63, 3.8) is 0 Å². The molecule has 3 N–H and O–H groups in total. The van der Waals surface area contributed by atoms with E-state index in [1.807, 2.05) is 6.08 Å². The molecule has 2 atom stereocenters. The summed E-state index contributed by atoms with van der Waals surface area (Å²) in [4.78, 5) is 24.6. The van der Waals surface area contributed by atoms with Gasteiger partial charge in [0.1, 0.15) is 0 Å². The van der Waals surface area contributed by atoms with Crippen molar-refractivity contribution in [2.75, 3.05) is 13.2 Å². The van der Waals surface area contributed by atoms with E-state index in [1.54, 1.807) is 6.08 Å². The fourth-order valence-electron chi connectivity index (χ4n) is 12.9. The van der Waals surface area contributed by atoms with E-state index < -0.39 is 12.1 Å². The van der Waals surface area contributed by atoms with Crippen molar-refractivity contribution >= 4 is 11.9 Å². The van der Waals surface area contributed by atoms with Crippen LogP contribution in [0.5, 0.6) is 0 Å². The van der Waals surface area contributed by atoms with Crippen LogP contribution in [0.25, 0.3) is 0 Å². The standard InChI is InChI=1S/C86H161NO5/c1-3-5-7-9-11-13-15-17-18-19-20-21-22-36-39-42-45-48-51-55-58-62-66-70-74-78-84(89)83(82-88)87-85(90)79-75-71-67-63-59-56-52-49-46-43-40-37-34-32-30-28-26-24-23-25-27-29-31-33-35-38-41-44-47-50-53-57-61-65-69-73-77-81-92-86(91)80-76-72-68-64-60-54-16-14-12-10-8-6-4-2/h8,10,14,16,23,25,29,31,74,78,83-84,88-89H,3-7,9,11-13,15,17-22,24,26-28,30,32-73,75-77,79-82H2,1-2H3,(H,87,90)/b10-8-,16-14-,25-23-,31-29-,78-74+. The summed E-state index contributed by atoms with van der Waals surface area (Å²) in [5.41, 5.74) is 0. The Balaban J connectivity index is 3.39. The Hall–Kier alpha value is -2.44. The Labute approximate surface area is 575 Å². The number of unbranched alkanes of at least 4 members (excludes halogenated alkanes) is 59. The lowest BCUT2D eigenvalue weighted by Crippen LogP contribution is -2.45. The molecule has 0 heterocycles. The number of hydrogen-bond acceptors (Lipinski definition) is 5. The molecule has 0 radical (unpaired) electrons. The van der Waals surface area contributed by atoms with Crippen LogP contribution in [0.15, 0.2) is 60.8 Å². The van der Waals surface area contributed by atoms with E-state index in [9.17, 15) is 19.8 Å². The van der Waals surface area contributed by atoms with E-state index in [0.29, 0.717) is 19.4 Å². The minimum atomic E-state index is -0.845. The SMILES string of the molecule is CCC/C=C\C/C=C\CCCCCCCC(=O)OCCCCCCCCCCCCCCC/C=C\C/C=C\CCCCCCCCCCCCCCCCCCCC(=O)NC(CO)C(O)/C=C/CCCCCCCCCCCCCCCCCCCCCCCCC. The van der Waals surface area contributed by atoms with Crippen LogP contribution in [0.4, 0.5) is 0 Å². The van der Waals surface area contributed by atoms with Gasteiger partial charge in [-0.25, -0.2) is 0 Å². The van der Waals surface area contributed by atoms with Crippen molar-refractivity contribution in [2.45, 2.75) is 463 Å². The lowest BCUT2D eigenvalue weighted by Gasteiger charge is -2.20. The highest BCUT2D eigenvalue weighted by Crippen LogP contribution is 2.20. The predicted molar refractivity (Wildman–Crippen MR) is 407 cm³/mol. The maximum Gasteiger partial charge on any atom is 0.305 e. The van der Waals surface area contributed by atoms with Gasteiger partial charge in [-0.15, -0.1) is 0 Å². The summed E-state index contributed by atoms with van der Waals surface area (Å²) < 4.78 is 5.48. The Morgan fingerprint density at radius 2 is 0.565 bits per heavy atom. The quantitative estimate of drug-likeness (QED) is 0.0320. The van der Waals surface area contributed by atoms with Crippen molar-refractivity contribution in [3.8, 4) is 0 Å². The van der Waals surface area contributed by atoms with E-state index in [2.05, 4.69) is 67.8 Å². The molecule has 0 spiro atoms. The second-order valence-corrected chi connectivity index (χ2v) is 28.4. The number of aliphatic hydroxyl groups is 2. The first-order chi connectivity index (χ1) is 45.5. The molecule has 540 valence electrons. The zero-order valence-corrected chi connectivity index (χ0v) is 62.0. The van der Waals surface area contributed by atoms with E-state index in [4.69, 9.17) is 4.74 Å². The van der Waals surface area contributed by atoms with Crippen LogP contribution >= 0.6 is 0 Å². The van der Waals surface area contributed by atoms with Crippen molar-refractivity contribution in [1.82, 2.24) is 5.32 Å². The van der Waals surface area contributed by atoms with Crippen LogP contribution in [0.1, 0.15) is 450 Å². The number of nitrogens with one attached hydrogen (secondary N) is 1. The average molecular weight is 1290 g/mol. The summed E-state index contributed by atoms with van der Waals surface area (Å²) in [6, 6.07) is -0.628. The molecule has 6 heteroatoms. The molecule has 0 aromatic carbocycles. The van der Waals surface area contributed by atoms with E-state index >= 15 is 0 Å². The smallest absolute Gasteiger partial charge is 0.305 e. The second-order valence-electron chi connectivity index (χ2n) is 28.4. The molecule has 6 nitrogen and oxygen atoms in total. The van der Waals surface area contributed by atoms with Gasteiger partial charge in [-0.05, 0) is 89.9 Å². The largest absolute Gasteiger partial charge is 0.466 e. The minimum absolute atomic E-state index is 0.00334. The molecular formula is C86H161NO5. The lowest BCUT2D eigenvalue weighted by molar-refractivity contribution is -0.143. The van der Waals surface area contributed by atoms with Crippen LogP contribution in [0.2, 0.25) is 0 Å². The average Bonchev–Trinajstić information content (AvgIpc) is 3.55. The summed E-state index contributed by atoms with van der Waals surface area (Å²) in [5, 5.41) is 23.3. The van der Waals surface area contributed by atoms with Gasteiger partial charge in [0.25, 0.3) is 0 Å². The van der Waals surface area contributed by atoms with Gasteiger partial charge in [0, 0.05) is 12.8 Å². The summed E-state index contributed by atoms with van der Waals surface area (Å²) >= 11 is 0. The third kappa shape index (κ3) is 76.6. The van der Waals surface area contributed by atoms with Crippen molar-refractivity contribution in [2.24, 2.45) is 0 Å². The molecule has 0 aromatic rings. The normalized spacial score (nSPS) is 12.8. The van der Waals surface area contributed by atoms with Gasteiger partial charge in [0.05, 0.1) is 25.4 Å². The van der Waals surface area contributed by atoms with Crippen molar-refractivity contribution in [1.29, 1.82) is 0 Å². The van der Waals surface area contributed by atoms with E-state index in [-0.39, 0.29) is 18.5 Å². The zero-order valence-electron chi connectivity index (χ0n) is 62.0. The van der Waals surface area contributed by atoms with Gasteiger partial charge in [-0.1, -0.05) is 408 Å². The maximum atomic E-state index is 12.6. The molecule has 0 rings (SSSR count). The van der Waals surface area contributed by atoms with Crippen LogP contribution in [-0.4, -0.2) is 47.4 Å². The molecule has 92 heavy (non-hydrogen) atoms. The van der Waals surface area contributed by atoms with Gasteiger partial charge in [-0.2, -0.15) is 0 Å². The Bertz CT molecular complexity index is 1580. The van der Waals surface area contributed by atoms with Gasteiger partial charge >= 0.3 is 5.97 Å². The molecule has 0 fully saturated rings. The number of allylic oxidation sites excluding steroid dienone is 9. The summed E-state index contributed by atoms with van der Waals surface area (Å²) in [5.74, 6) is -0.0572. The van der Waals surface area contributed by atoms with Gasteiger partial charge in [0.2, 0.25) is 5.91 Å². The van der Waals surface area contributed by atoms with Crippen molar-refractivity contribution < 1.29 is 24.5 Å². The maximum absolute atomic E-state index is 12.6. The molecule has 0 aliphatic carbocycles. The first kappa shape index (κ1) is 89.6. The number of ether oxygens (including phenoxy) is 1. The molecule has 0 aliphatic rings. The third-order valence-corrected chi connectivity index (χ3v) is 19.2. The summed E-state index contributed by atoms with van der Waals surface area (Å²) in [6.07, 6.45) is 109. The minimum Gasteiger partial charge on any atom is -0.466 e. The number of carbonyl (C=O) groups excluding carboxylic acids is 2. The second kappa shape index (κ2) is 81.0. The van der Waals surface area contributed by atoms with Crippen LogP contribution in [-0.2, 0) is 14.3 Å². The fourth-order valence-corrected chi connectivity index (χ4v) is 12.9. The van der Waals surface area contributed by atoms with E-state index in [1.165, 1.54) is 366 Å². The fraction of sp³-hybridized carbons (Fsp3) is 0.860. The highest BCUT2D eigenvalue weighted by Gasteiger charge is 2.18. The van der Waals surface area contributed by atoms with Gasteiger partial charge in [-0.3, -0.25) is 9.59 Å². The predicted octanol–water partition coefficient (Wildman–Crippen LogP) is 27.7. The highest BCUT2D eigenvalue weighted by molar-refractivity contribution is 5.76. The Morgan fingerprint density at radius 1 is 0.304 bits per heavy atom. The monoisotopic (exact) mass is 1290 g/mol. The van der Waals surface area contributed by atoms with Crippen molar-refractivity contribution in [3.05, 3.63) is 60.8 Å². The Kier molecular flexibility index (Phi) is 78.8.